The summed E-state index contributed by atoms with van der Waals surface area (Å²) in [5, 5.41) is 10.2. The molecular formula is C11H19NO3. The zero-order valence-electron chi connectivity index (χ0n) is 9.35. The molecule has 3 saturated heterocycles. The number of ether oxygens (including phenoxy) is 2. The van der Waals surface area contributed by atoms with Crippen molar-refractivity contribution in [3.63, 3.8) is 0 Å². The van der Waals surface area contributed by atoms with Crippen LogP contribution in [0.5, 0.6) is 0 Å². The maximum atomic E-state index is 10.2. The minimum Gasteiger partial charge on any atom is -0.389 e. The number of hydrogen-bond acceptors (Lipinski definition) is 4. The highest BCUT2D eigenvalue weighted by Gasteiger charge is 2.52. The molecular weight excluding hydrogens is 194 g/mol. The minimum absolute atomic E-state index is 0.0457. The van der Waals surface area contributed by atoms with E-state index < -0.39 is 5.79 Å². The van der Waals surface area contributed by atoms with E-state index in [4.69, 9.17) is 9.47 Å². The Morgan fingerprint density at radius 1 is 1.33 bits per heavy atom. The van der Waals surface area contributed by atoms with Crippen LogP contribution in [0.3, 0.4) is 0 Å². The van der Waals surface area contributed by atoms with Gasteiger partial charge in [0.15, 0.2) is 5.79 Å². The fraction of sp³-hybridized carbons (Fsp3) is 1.00. The van der Waals surface area contributed by atoms with Gasteiger partial charge in [0.1, 0.15) is 12.2 Å². The minimum atomic E-state index is -0.532. The number of aliphatic hydroxyl groups is 1. The van der Waals surface area contributed by atoms with E-state index in [1.165, 1.54) is 6.42 Å². The molecule has 0 radical (unpaired) electrons. The SMILES string of the molecule is CC1(C)O[C@@H]2[C@@H](O)[C@@H]3CCCN3C[C@H]2O1. The van der Waals surface area contributed by atoms with Crippen molar-refractivity contribution in [2.24, 2.45) is 0 Å². The third-order valence-corrected chi connectivity index (χ3v) is 3.78. The smallest absolute Gasteiger partial charge is 0.163 e. The van der Waals surface area contributed by atoms with E-state index >= 15 is 0 Å². The lowest BCUT2D eigenvalue weighted by molar-refractivity contribution is -0.154. The molecule has 0 spiro atoms. The molecule has 0 saturated carbocycles. The standard InChI is InChI=1S/C11H19NO3/c1-11(2)14-8-6-12-5-3-4-7(12)9(13)10(8)15-11/h7-10,13H,3-6H2,1-2H3/t7-,8+,9-,10-/m0/s1. The summed E-state index contributed by atoms with van der Waals surface area (Å²) >= 11 is 0. The molecule has 4 nitrogen and oxygen atoms in total. The van der Waals surface area contributed by atoms with Gasteiger partial charge in [-0.1, -0.05) is 0 Å². The van der Waals surface area contributed by atoms with Crippen molar-refractivity contribution in [1.29, 1.82) is 0 Å². The molecule has 0 aromatic heterocycles. The first-order valence-corrected chi connectivity index (χ1v) is 5.85. The fourth-order valence-corrected chi connectivity index (χ4v) is 3.21. The first-order chi connectivity index (χ1) is 7.07. The molecule has 4 atom stereocenters. The summed E-state index contributed by atoms with van der Waals surface area (Å²) in [6, 6.07) is 0.295. The van der Waals surface area contributed by atoms with Crippen LogP contribution in [0.4, 0.5) is 0 Å². The van der Waals surface area contributed by atoms with Crippen LogP contribution >= 0.6 is 0 Å². The van der Waals surface area contributed by atoms with E-state index in [1.807, 2.05) is 13.8 Å². The van der Waals surface area contributed by atoms with Gasteiger partial charge in [0, 0.05) is 12.6 Å². The Balaban J connectivity index is 1.81. The van der Waals surface area contributed by atoms with E-state index in [0.717, 1.165) is 19.5 Å². The molecule has 3 aliphatic heterocycles. The Labute approximate surface area is 90.2 Å². The van der Waals surface area contributed by atoms with Gasteiger partial charge in [0.2, 0.25) is 0 Å². The highest BCUT2D eigenvalue weighted by molar-refractivity contribution is 5.01. The largest absolute Gasteiger partial charge is 0.389 e. The van der Waals surface area contributed by atoms with Crippen LogP contribution in [0.25, 0.3) is 0 Å². The van der Waals surface area contributed by atoms with Crippen LogP contribution in [0.1, 0.15) is 26.7 Å². The Morgan fingerprint density at radius 3 is 2.93 bits per heavy atom. The summed E-state index contributed by atoms with van der Waals surface area (Å²) in [5.41, 5.74) is 0. The number of aliphatic hydroxyl groups excluding tert-OH is 1. The van der Waals surface area contributed by atoms with Gasteiger partial charge in [-0.15, -0.1) is 0 Å². The molecule has 0 aliphatic carbocycles. The molecule has 1 N–H and O–H groups in total. The fourth-order valence-electron chi connectivity index (χ4n) is 3.21. The van der Waals surface area contributed by atoms with Crippen LogP contribution in [0.15, 0.2) is 0 Å². The summed E-state index contributed by atoms with van der Waals surface area (Å²) in [5.74, 6) is -0.532. The number of hydrogen-bond donors (Lipinski definition) is 1. The average molecular weight is 213 g/mol. The normalized spacial score (nSPS) is 49.0. The molecule has 86 valence electrons. The number of rotatable bonds is 0. The van der Waals surface area contributed by atoms with Crippen molar-refractivity contribution in [3.8, 4) is 0 Å². The number of fused-ring (bicyclic) bond motifs is 2. The van der Waals surface area contributed by atoms with Gasteiger partial charge in [0.25, 0.3) is 0 Å². The van der Waals surface area contributed by atoms with Crippen molar-refractivity contribution in [2.45, 2.75) is 56.8 Å². The lowest BCUT2D eigenvalue weighted by Crippen LogP contribution is -2.57. The second-order valence-electron chi connectivity index (χ2n) is 5.33. The Bertz CT molecular complexity index is 267. The van der Waals surface area contributed by atoms with Crippen molar-refractivity contribution >= 4 is 0 Å². The molecule has 3 aliphatic rings. The van der Waals surface area contributed by atoms with Gasteiger partial charge in [-0.25, -0.2) is 0 Å². The van der Waals surface area contributed by atoms with Crippen LogP contribution in [-0.4, -0.2) is 53.2 Å². The van der Waals surface area contributed by atoms with Crippen molar-refractivity contribution < 1.29 is 14.6 Å². The topological polar surface area (TPSA) is 41.9 Å². The maximum Gasteiger partial charge on any atom is 0.163 e. The zero-order chi connectivity index (χ0) is 10.6. The molecule has 0 amide bonds. The van der Waals surface area contributed by atoms with Crippen molar-refractivity contribution in [3.05, 3.63) is 0 Å². The summed E-state index contributed by atoms with van der Waals surface area (Å²) in [6.45, 7) is 5.84. The van der Waals surface area contributed by atoms with E-state index in [1.54, 1.807) is 0 Å². The second-order valence-corrected chi connectivity index (χ2v) is 5.33. The zero-order valence-corrected chi connectivity index (χ0v) is 9.35. The van der Waals surface area contributed by atoms with Crippen LogP contribution in [0.2, 0.25) is 0 Å². The van der Waals surface area contributed by atoms with Crippen molar-refractivity contribution in [1.82, 2.24) is 4.90 Å². The first kappa shape index (κ1) is 10.0. The molecule has 3 rings (SSSR count). The predicted molar refractivity (Wildman–Crippen MR) is 54.4 cm³/mol. The summed E-state index contributed by atoms with van der Waals surface area (Å²) in [7, 11) is 0. The van der Waals surface area contributed by atoms with Crippen LogP contribution < -0.4 is 0 Å². The molecule has 0 unspecified atom stereocenters. The van der Waals surface area contributed by atoms with Gasteiger partial charge >= 0.3 is 0 Å². The third kappa shape index (κ3) is 1.51. The third-order valence-electron chi connectivity index (χ3n) is 3.78. The van der Waals surface area contributed by atoms with Gasteiger partial charge in [-0.05, 0) is 33.2 Å². The lowest BCUT2D eigenvalue weighted by Gasteiger charge is -2.39. The molecule has 0 aromatic carbocycles. The van der Waals surface area contributed by atoms with Gasteiger partial charge in [-0.2, -0.15) is 0 Å². The number of piperidine rings is 1. The molecule has 3 fully saturated rings. The average Bonchev–Trinajstić information content (AvgIpc) is 2.68. The van der Waals surface area contributed by atoms with Gasteiger partial charge in [0.05, 0.1) is 6.10 Å². The quantitative estimate of drug-likeness (QED) is 0.630. The summed E-state index contributed by atoms with van der Waals surface area (Å²) in [6.07, 6.45) is 1.82. The second kappa shape index (κ2) is 3.17. The molecule has 0 aromatic rings. The lowest BCUT2D eigenvalue weighted by atomic mass is 9.94. The number of nitrogens with zero attached hydrogens (tertiary/aromatic N) is 1. The van der Waals surface area contributed by atoms with E-state index in [0.29, 0.717) is 6.04 Å². The Kier molecular flexibility index (Phi) is 2.12. The summed E-state index contributed by atoms with van der Waals surface area (Å²) < 4.78 is 11.6. The van der Waals surface area contributed by atoms with E-state index in [-0.39, 0.29) is 18.3 Å². The van der Waals surface area contributed by atoms with Crippen LogP contribution in [-0.2, 0) is 9.47 Å². The van der Waals surface area contributed by atoms with E-state index in [2.05, 4.69) is 4.90 Å². The maximum absolute atomic E-state index is 10.2. The molecule has 4 heteroatoms. The summed E-state index contributed by atoms with van der Waals surface area (Å²) in [4.78, 5) is 2.34. The highest BCUT2D eigenvalue weighted by atomic mass is 16.8. The molecule has 0 bridgehead atoms. The predicted octanol–water partition coefficient (Wildman–Crippen LogP) is 0.345. The highest BCUT2D eigenvalue weighted by Crippen LogP contribution is 2.38. The van der Waals surface area contributed by atoms with Crippen molar-refractivity contribution in [2.75, 3.05) is 13.1 Å². The Morgan fingerprint density at radius 2 is 2.13 bits per heavy atom. The molecule has 3 heterocycles. The van der Waals surface area contributed by atoms with Gasteiger partial charge in [-0.3, -0.25) is 4.90 Å². The molecule has 15 heavy (non-hydrogen) atoms. The van der Waals surface area contributed by atoms with Gasteiger partial charge < -0.3 is 14.6 Å². The Hall–Kier alpha value is -0.160. The van der Waals surface area contributed by atoms with Crippen LogP contribution in [0, 0.1) is 0 Å². The first-order valence-electron chi connectivity index (χ1n) is 5.85. The monoisotopic (exact) mass is 213 g/mol. The van der Waals surface area contributed by atoms with E-state index in [9.17, 15) is 5.11 Å².